The molecule has 0 spiro atoms. The van der Waals surface area contributed by atoms with Gasteiger partial charge in [0.2, 0.25) is 10.0 Å². The first-order valence-corrected chi connectivity index (χ1v) is 11.0. The van der Waals surface area contributed by atoms with Crippen molar-refractivity contribution in [2.24, 2.45) is 0 Å². The highest BCUT2D eigenvalue weighted by Crippen LogP contribution is 2.23. The third kappa shape index (κ3) is 5.22. The summed E-state index contributed by atoms with van der Waals surface area (Å²) in [5.74, 6) is 0.914. The number of sulfonamides is 1. The Bertz CT molecular complexity index is 475. The van der Waals surface area contributed by atoms with E-state index < -0.39 is 25.2 Å². The first-order valence-electron chi connectivity index (χ1n) is 6.26. The molecule has 1 saturated heterocycles. The van der Waals surface area contributed by atoms with Crippen LogP contribution in [0, 0.1) is 0 Å². The molecule has 1 N–H and O–H groups in total. The molecule has 1 unspecified atom stereocenters. The first-order chi connectivity index (χ1) is 8.79. The SMILES string of the molecule is CCCNCCS(=O)(=O)N1CCSCC1S(C)(=O)=O. The molecule has 0 radical (unpaired) electrons. The second kappa shape index (κ2) is 7.26. The molecule has 0 bridgehead atoms. The molecule has 0 aromatic heterocycles. The monoisotopic (exact) mass is 330 g/mol. The Kier molecular flexibility index (Phi) is 6.58. The standard InChI is InChI=1S/C10H22N2O4S3/c1-3-4-11-5-8-19(15,16)12-6-7-17-9-10(12)18(2,13)14/h10-11H,3-9H2,1-2H3. The van der Waals surface area contributed by atoms with Crippen molar-refractivity contribution in [1.29, 1.82) is 0 Å². The third-order valence-electron chi connectivity index (χ3n) is 2.85. The lowest BCUT2D eigenvalue weighted by atomic mass is 10.5. The zero-order valence-electron chi connectivity index (χ0n) is 11.3. The van der Waals surface area contributed by atoms with Gasteiger partial charge >= 0.3 is 0 Å². The number of hydrogen-bond donors (Lipinski definition) is 1. The van der Waals surface area contributed by atoms with Crippen LogP contribution in [0.2, 0.25) is 0 Å². The number of nitrogens with one attached hydrogen (secondary N) is 1. The van der Waals surface area contributed by atoms with Gasteiger partial charge in [0.1, 0.15) is 5.37 Å². The van der Waals surface area contributed by atoms with Crippen molar-refractivity contribution in [2.75, 3.05) is 43.1 Å². The Morgan fingerprint density at radius 1 is 1.26 bits per heavy atom. The summed E-state index contributed by atoms with van der Waals surface area (Å²) in [7, 11) is -6.91. The predicted molar refractivity (Wildman–Crippen MR) is 79.6 cm³/mol. The Labute approximate surface area is 120 Å². The highest BCUT2D eigenvalue weighted by Gasteiger charge is 2.38. The zero-order valence-corrected chi connectivity index (χ0v) is 13.8. The van der Waals surface area contributed by atoms with Crippen LogP contribution in [0.1, 0.15) is 13.3 Å². The van der Waals surface area contributed by atoms with Crippen molar-refractivity contribution >= 4 is 31.6 Å². The summed E-state index contributed by atoms with van der Waals surface area (Å²) in [6.45, 7) is 3.40. The number of sulfone groups is 1. The summed E-state index contributed by atoms with van der Waals surface area (Å²) in [4.78, 5) is 0. The largest absolute Gasteiger partial charge is 0.316 e. The van der Waals surface area contributed by atoms with Crippen molar-refractivity contribution in [3.05, 3.63) is 0 Å². The van der Waals surface area contributed by atoms with Gasteiger partial charge in [-0.2, -0.15) is 16.1 Å². The minimum absolute atomic E-state index is 0.0519. The predicted octanol–water partition coefficient (Wildman–Crippen LogP) is -0.265. The van der Waals surface area contributed by atoms with Gasteiger partial charge in [-0.3, -0.25) is 0 Å². The van der Waals surface area contributed by atoms with Gasteiger partial charge in [-0.15, -0.1) is 0 Å². The second-order valence-electron chi connectivity index (χ2n) is 4.54. The summed E-state index contributed by atoms with van der Waals surface area (Å²) in [5, 5.41) is 2.11. The summed E-state index contributed by atoms with van der Waals surface area (Å²) in [6, 6.07) is 0. The van der Waals surface area contributed by atoms with Gasteiger partial charge in [0.15, 0.2) is 9.84 Å². The normalized spacial score (nSPS) is 22.5. The maximum absolute atomic E-state index is 12.2. The van der Waals surface area contributed by atoms with E-state index in [1.807, 2.05) is 6.92 Å². The maximum atomic E-state index is 12.2. The van der Waals surface area contributed by atoms with Gasteiger partial charge < -0.3 is 5.32 Å². The van der Waals surface area contributed by atoms with Crippen molar-refractivity contribution in [3.8, 4) is 0 Å². The van der Waals surface area contributed by atoms with Crippen LogP contribution < -0.4 is 5.32 Å². The second-order valence-corrected chi connectivity index (χ2v) is 9.93. The molecule has 0 aromatic rings. The van der Waals surface area contributed by atoms with E-state index >= 15 is 0 Å². The molecular formula is C10H22N2O4S3. The third-order valence-corrected chi connectivity index (χ3v) is 7.50. The van der Waals surface area contributed by atoms with E-state index in [4.69, 9.17) is 0 Å². The van der Waals surface area contributed by atoms with Crippen molar-refractivity contribution in [3.63, 3.8) is 0 Å². The average Bonchev–Trinajstić information content (AvgIpc) is 2.34. The minimum Gasteiger partial charge on any atom is -0.316 e. The van der Waals surface area contributed by atoms with Crippen LogP contribution in [-0.4, -0.2) is 69.7 Å². The maximum Gasteiger partial charge on any atom is 0.216 e. The van der Waals surface area contributed by atoms with E-state index in [0.717, 1.165) is 23.5 Å². The van der Waals surface area contributed by atoms with E-state index in [1.165, 1.54) is 11.8 Å². The Hall–Kier alpha value is 0.170. The molecule has 1 aliphatic heterocycles. The number of thioether (sulfide) groups is 1. The topological polar surface area (TPSA) is 83.6 Å². The van der Waals surface area contributed by atoms with Crippen molar-refractivity contribution in [1.82, 2.24) is 9.62 Å². The van der Waals surface area contributed by atoms with E-state index in [1.54, 1.807) is 0 Å². The molecule has 1 heterocycles. The Morgan fingerprint density at radius 3 is 2.53 bits per heavy atom. The number of rotatable bonds is 7. The lowest BCUT2D eigenvalue weighted by Crippen LogP contribution is -2.51. The lowest BCUT2D eigenvalue weighted by molar-refractivity contribution is 0.404. The molecule has 0 aromatic carbocycles. The summed E-state index contributed by atoms with van der Waals surface area (Å²) in [5.41, 5.74) is 0. The molecule has 19 heavy (non-hydrogen) atoms. The van der Waals surface area contributed by atoms with Gasteiger partial charge in [0, 0.05) is 30.9 Å². The van der Waals surface area contributed by atoms with Crippen molar-refractivity contribution in [2.45, 2.75) is 18.7 Å². The molecule has 6 nitrogen and oxygen atoms in total. The van der Waals surface area contributed by atoms with E-state index in [2.05, 4.69) is 5.32 Å². The molecule has 0 aliphatic carbocycles. The fourth-order valence-electron chi connectivity index (χ4n) is 1.84. The smallest absolute Gasteiger partial charge is 0.216 e. The van der Waals surface area contributed by atoms with E-state index in [-0.39, 0.29) is 12.3 Å². The summed E-state index contributed by atoms with van der Waals surface area (Å²) in [6.07, 6.45) is 2.04. The number of hydrogen-bond acceptors (Lipinski definition) is 6. The highest BCUT2D eigenvalue weighted by atomic mass is 32.2. The molecule has 1 aliphatic rings. The van der Waals surface area contributed by atoms with E-state index in [0.29, 0.717) is 18.1 Å². The Balaban J connectivity index is 2.73. The minimum atomic E-state index is -3.52. The lowest BCUT2D eigenvalue weighted by Gasteiger charge is -2.33. The average molecular weight is 330 g/mol. The molecular weight excluding hydrogens is 308 g/mol. The molecule has 1 atom stereocenters. The van der Waals surface area contributed by atoms with Crippen molar-refractivity contribution < 1.29 is 16.8 Å². The van der Waals surface area contributed by atoms with E-state index in [9.17, 15) is 16.8 Å². The van der Waals surface area contributed by atoms with Crippen LogP contribution in [0.4, 0.5) is 0 Å². The fourth-order valence-corrected chi connectivity index (χ4v) is 7.04. The summed E-state index contributed by atoms with van der Waals surface area (Å²) >= 11 is 1.48. The molecule has 1 fully saturated rings. The molecule has 9 heteroatoms. The Morgan fingerprint density at radius 2 is 1.95 bits per heavy atom. The molecule has 1 rings (SSSR count). The first kappa shape index (κ1) is 17.2. The van der Waals surface area contributed by atoms with Crippen LogP contribution in [0.5, 0.6) is 0 Å². The van der Waals surface area contributed by atoms with Crippen LogP contribution in [-0.2, 0) is 19.9 Å². The van der Waals surface area contributed by atoms with Gasteiger partial charge in [-0.1, -0.05) is 6.92 Å². The van der Waals surface area contributed by atoms with Gasteiger partial charge in [0.25, 0.3) is 0 Å². The molecule has 0 saturated carbocycles. The van der Waals surface area contributed by atoms with Crippen LogP contribution >= 0.6 is 11.8 Å². The molecule has 114 valence electrons. The van der Waals surface area contributed by atoms with Gasteiger partial charge in [0.05, 0.1) is 5.75 Å². The van der Waals surface area contributed by atoms with Gasteiger partial charge in [-0.05, 0) is 13.0 Å². The van der Waals surface area contributed by atoms with Gasteiger partial charge in [-0.25, -0.2) is 16.8 Å². The fraction of sp³-hybridized carbons (Fsp3) is 1.00. The highest BCUT2D eigenvalue weighted by molar-refractivity contribution is 8.01. The summed E-state index contributed by atoms with van der Waals surface area (Å²) < 4.78 is 49.0. The zero-order chi connectivity index (χ0) is 14.5. The quantitative estimate of drug-likeness (QED) is 0.647. The van der Waals surface area contributed by atoms with Crippen LogP contribution in [0.3, 0.4) is 0 Å². The molecule has 0 amide bonds. The number of nitrogens with zero attached hydrogens (tertiary/aromatic N) is 1. The van der Waals surface area contributed by atoms with Crippen LogP contribution in [0.25, 0.3) is 0 Å². The van der Waals surface area contributed by atoms with Crippen LogP contribution in [0.15, 0.2) is 0 Å².